The van der Waals surface area contributed by atoms with Gasteiger partial charge in [0.15, 0.2) is 0 Å². The summed E-state index contributed by atoms with van der Waals surface area (Å²) in [5.41, 5.74) is 4.35. The van der Waals surface area contributed by atoms with Crippen LogP contribution in [0.2, 0.25) is 0 Å². The van der Waals surface area contributed by atoms with Crippen LogP contribution in [-0.2, 0) is 0 Å². The number of fused-ring (bicyclic) bond motifs is 1. The molecule has 0 fully saturated rings. The Morgan fingerprint density at radius 3 is 2.68 bits per heavy atom. The van der Waals surface area contributed by atoms with Crippen molar-refractivity contribution in [1.82, 2.24) is 14.5 Å². The molecule has 0 spiro atoms. The minimum Gasteiger partial charge on any atom is -0.330 e. The van der Waals surface area contributed by atoms with Crippen LogP contribution in [0.3, 0.4) is 0 Å². The molecule has 0 amide bonds. The van der Waals surface area contributed by atoms with E-state index >= 15 is 0 Å². The average Bonchev–Trinajstić information content (AvgIpc) is 2.77. The van der Waals surface area contributed by atoms with Crippen molar-refractivity contribution in [3.8, 4) is 11.3 Å². The summed E-state index contributed by atoms with van der Waals surface area (Å²) >= 11 is 0. The first kappa shape index (κ1) is 11.9. The molecule has 0 aliphatic rings. The van der Waals surface area contributed by atoms with E-state index in [1.807, 2.05) is 18.3 Å². The molecule has 3 aromatic rings. The second-order valence-electron chi connectivity index (χ2n) is 5.12. The Labute approximate surface area is 112 Å². The molecule has 3 heterocycles. The average molecular weight is 251 g/mol. The summed E-state index contributed by atoms with van der Waals surface area (Å²) in [6, 6.07) is 8.61. The van der Waals surface area contributed by atoms with Crippen molar-refractivity contribution < 1.29 is 0 Å². The number of pyridine rings is 2. The van der Waals surface area contributed by atoms with Gasteiger partial charge in [-0.3, -0.25) is 4.98 Å². The van der Waals surface area contributed by atoms with Gasteiger partial charge in [0.05, 0.1) is 5.69 Å². The lowest BCUT2D eigenvalue weighted by atomic mass is 10.1. The summed E-state index contributed by atoms with van der Waals surface area (Å²) in [4.78, 5) is 8.97. The van der Waals surface area contributed by atoms with Gasteiger partial charge < -0.3 is 4.57 Å². The second-order valence-corrected chi connectivity index (χ2v) is 5.12. The molecule has 3 heteroatoms. The standard InChI is InChI=1S/C16H17N3/c1-11(2)19-10-12(3)14-6-7-15(18-16(14)19)13-5-4-8-17-9-13/h4-11H,1-3H3. The van der Waals surface area contributed by atoms with Gasteiger partial charge in [0.25, 0.3) is 0 Å². The zero-order chi connectivity index (χ0) is 13.4. The highest BCUT2D eigenvalue weighted by atomic mass is 15.1. The third-order valence-corrected chi connectivity index (χ3v) is 3.39. The number of aromatic nitrogens is 3. The maximum Gasteiger partial charge on any atom is 0.141 e. The Morgan fingerprint density at radius 1 is 1.16 bits per heavy atom. The third-order valence-electron chi connectivity index (χ3n) is 3.39. The van der Waals surface area contributed by atoms with E-state index < -0.39 is 0 Å². The van der Waals surface area contributed by atoms with Crippen molar-refractivity contribution in [1.29, 1.82) is 0 Å². The van der Waals surface area contributed by atoms with Crippen LogP contribution in [0, 0.1) is 6.92 Å². The molecule has 0 aliphatic heterocycles. The number of hydrogen-bond acceptors (Lipinski definition) is 2. The first-order valence-electron chi connectivity index (χ1n) is 6.55. The summed E-state index contributed by atoms with van der Waals surface area (Å²) in [5, 5.41) is 1.22. The van der Waals surface area contributed by atoms with Crippen LogP contribution in [0.1, 0.15) is 25.5 Å². The highest BCUT2D eigenvalue weighted by Gasteiger charge is 2.10. The Hall–Kier alpha value is -2.16. The lowest BCUT2D eigenvalue weighted by Gasteiger charge is -2.09. The van der Waals surface area contributed by atoms with Gasteiger partial charge in [-0.15, -0.1) is 0 Å². The number of hydrogen-bond donors (Lipinski definition) is 0. The maximum atomic E-state index is 4.81. The Morgan fingerprint density at radius 2 is 2.00 bits per heavy atom. The van der Waals surface area contributed by atoms with E-state index in [1.54, 1.807) is 6.20 Å². The van der Waals surface area contributed by atoms with E-state index in [0.717, 1.165) is 16.9 Å². The van der Waals surface area contributed by atoms with E-state index in [1.165, 1.54) is 10.9 Å². The minimum absolute atomic E-state index is 0.410. The summed E-state index contributed by atoms with van der Waals surface area (Å²) in [7, 11) is 0. The van der Waals surface area contributed by atoms with E-state index in [4.69, 9.17) is 4.98 Å². The van der Waals surface area contributed by atoms with Gasteiger partial charge in [0.2, 0.25) is 0 Å². The van der Waals surface area contributed by atoms with Gasteiger partial charge in [-0.05, 0) is 50.6 Å². The number of rotatable bonds is 2. The third kappa shape index (κ3) is 2.01. The second kappa shape index (κ2) is 4.50. The van der Waals surface area contributed by atoms with Crippen molar-refractivity contribution in [2.45, 2.75) is 26.8 Å². The zero-order valence-electron chi connectivity index (χ0n) is 11.5. The Balaban J connectivity index is 2.23. The molecular weight excluding hydrogens is 234 g/mol. The van der Waals surface area contributed by atoms with E-state index in [9.17, 15) is 0 Å². The molecule has 96 valence electrons. The molecule has 0 aromatic carbocycles. The van der Waals surface area contributed by atoms with Gasteiger partial charge in [-0.25, -0.2) is 4.98 Å². The smallest absolute Gasteiger partial charge is 0.141 e. The predicted octanol–water partition coefficient (Wildman–Crippen LogP) is 3.99. The SMILES string of the molecule is Cc1cn(C(C)C)c2nc(-c3cccnc3)ccc12. The highest BCUT2D eigenvalue weighted by molar-refractivity contribution is 5.83. The number of aryl methyl sites for hydroxylation is 1. The van der Waals surface area contributed by atoms with E-state index in [0.29, 0.717) is 6.04 Å². The van der Waals surface area contributed by atoms with Crippen LogP contribution in [0.5, 0.6) is 0 Å². The van der Waals surface area contributed by atoms with Crippen LogP contribution >= 0.6 is 0 Å². The van der Waals surface area contributed by atoms with E-state index in [2.05, 4.69) is 48.7 Å². The summed E-state index contributed by atoms with van der Waals surface area (Å²) < 4.78 is 2.23. The zero-order valence-corrected chi connectivity index (χ0v) is 11.5. The Kier molecular flexibility index (Phi) is 2.82. The van der Waals surface area contributed by atoms with Gasteiger partial charge in [-0.1, -0.05) is 0 Å². The van der Waals surface area contributed by atoms with Crippen LogP contribution in [-0.4, -0.2) is 14.5 Å². The first-order valence-corrected chi connectivity index (χ1v) is 6.55. The number of nitrogens with zero attached hydrogens (tertiary/aromatic N) is 3. The predicted molar refractivity (Wildman–Crippen MR) is 78.1 cm³/mol. The highest BCUT2D eigenvalue weighted by Crippen LogP contribution is 2.26. The van der Waals surface area contributed by atoms with Gasteiger partial charge in [0, 0.05) is 35.6 Å². The molecule has 0 aliphatic carbocycles. The molecule has 0 N–H and O–H groups in total. The van der Waals surface area contributed by atoms with E-state index in [-0.39, 0.29) is 0 Å². The fourth-order valence-corrected chi connectivity index (χ4v) is 2.36. The van der Waals surface area contributed by atoms with Crippen molar-refractivity contribution in [3.05, 3.63) is 48.4 Å². The van der Waals surface area contributed by atoms with Gasteiger partial charge in [0.1, 0.15) is 5.65 Å². The molecular formula is C16H17N3. The van der Waals surface area contributed by atoms with Gasteiger partial charge in [-0.2, -0.15) is 0 Å². The van der Waals surface area contributed by atoms with Gasteiger partial charge >= 0.3 is 0 Å². The fourth-order valence-electron chi connectivity index (χ4n) is 2.36. The molecule has 0 atom stereocenters. The molecule has 0 unspecified atom stereocenters. The van der Waals surface area contributed by atoms with Crippen LogP contribution in [0.25, 0.3) is 22.3 Å². The van der Waals surface area contributed by atoms with Crippen LogP contribution < -0.4 is 0 Å². The van der Waals surface area contributed by atoms with Crippen LogP contribution in [0.4, 0.5) is 0 Å². The summed E-state index contributed by atoms with van der Waals surface area (Å²) in [6.45, 7) is 6.49. The van der Waals surface area contributed by atoms with Crippen molar-refractivity contribution in [2.75, 3.05) is 0 Å². The Bertz CT molecular complexity index is 711. The lowest BCUT2D eigenvalue weighted by Crippen LogP contribution is -2.00. The maximum absolute atomic E-state index is 4.81. The van der Waals surface area contributed by atoms with Crippen molar-refractivity contribution in [3.63, 3.8) is 0 Å². The monoisotopic (exact) mass is 251 g/mol. The molecule has 0 radical (unpaired) electrons. The van der Waals surface area contributed by atoms with Crippen molar-refractivity contribution >= 4 is 11.0 Å². The minimum atomic E-state index is 0.410. The molecule has 0 saturated heterocycles. The molecule has 3 aromatic heterocycles. The summed E-state index contributed by atoms with van der Waals surface area (Å²) in [6.07, 6.45) is 5.81. The molecule has 19 heavy (non-hydrogen) atoms. The lowest BCUT2D eigenvalue weighted by molar-refractivity contribution is 0.617. The fraction of sp³-hybridized carbons (Fsp3) is 0.250. The summed E-state index contributed by atoms with van der Waals surface area (Å²) in [5.74, 6) is 0. The molecule has 3 nitrogen and oxygen atoms in total. The van der Waals surface area contributed by atoms with Crippen molar-refractivity contribution in [2.24, 2.45) is 0 Å². The largest absolute Gasteiger partial charge is 0.330 e. The molecule has 0 saturated carbocycles. The molecule has 0 bridgehead atoms. The quantitative estimate of drug-likeness (QED) is 0.689. The topological polar surface area (TPSA) is 30.7 Å². The normalized spacial score (nSPS) is 11.4. The first-order chi connectivity index (χ1) is 9.16. The molecule has 3 rings (SSSR count). The van der Waals surface area contributed by atoms with Crippen LogP contribution in [0.15, 0.2) is 42.9 Å².